The molecule has 0 aliphatic rings. The molecule has 0 radical (unpaired) electrons. The van der Waals surface area contributed by atoms with E-state index in [9.17, 15) is 5.11 Å². The Morgan fingerprint density at radius 3 is 2.48 bits per heavy atom. The van der Waals surface area contributed by atoms with Gasteiger partial charge in [-0.25, -0.2) is 0 Å². The van der Waals surface area contributed by atoms with Gasteiger partial charge in [-0.15, -0.1) is 11.3 Å². The molecule has 6 heteroatoms. The first-order chi connectivity index (χ1) is 10.2. The number of hydrogen-bond donors (Lipinski definition) is 1. The number of hydrogen-bond acceptors (Lipinski definition) is 6. The molecule has 0 aliphatic carbocycles. The predicted molar refractivity (Wildman–Crippen MR) is 84.5 cm³/mol. The average molecular weight is 317 g/mol. The zero-order valence-electron chi connectivity index (χ0n) is 13.2. The van der Waals surface area contributed by atoms with E-state index in [0.717, 1.165) is 6.54 Å². The van der Waals surface area contributed by atoms with Crippen LogP contribution in [0.25, 0.3) is 0 Å². The fourth-order valence-corrected chi connectivity index (χ4v) is 2.85. The molecule has 1 rings (SSSR count). The molecular weight excluding hydrogens is 290 g/mol. The lowest BCUT2D eigenvalue weighted by atomic mass is 10.3. The summed E-state index contributed by atoms with van der Waals surface area (Å²) in [5.41, 5.74) is 0. The molecule has 0 saturated carbocycles. The van der Waals surface area contributed by atoms with Gasteiger partial charge in [0.05, 0.1) is 12.7 Å². The molecule has 1 N–H and O–H groups in total. The van der Waals surface area contributed by atoms with E-state index in [1.54, 1.807) is 18.4 Å². The van der Waals surface area contributed by atoms with Crippen molar-refractivity contribution in [2.24, 2.45) is 0 Å². The van der Waals surface area contributed by atoms with Crippen LogP contribution in [0.3, 0.4) is 0 Å². The van der Waals surface area contributed by atoms with Gasteiger partial charge >= 0.3 is 0 Å². The molecule has 1 heterocycles. The van der Waals surface area contributed by atoms with Crippen molar-refractivity contribution in [2.75, 3.05) is 40.0 Å². The summed E-state index contributed by atoms with van der Waals surface area (Å²) in [5.74, 6) is 0. The third-order valence-corrected chi connectivity index (χ3v) is 3.76. The Bertz CT molecular complexity index is 341. The maximum atomic E-state index is 9.98. The highest BCUT2D eigenvalue weighted by molar-refractivity contribution is 7.09. The summed E-state index contributed by atoms with van der Waals surface area (Å²) >= 11 is 1.71. The van der Waals surface area contributed by atoms with Crippen LogP contribution >= 0.6 is 11.3 Å². The Kier molecular flexibility index (Phi) is 9.82. The SMILES string of the molecule is CCOC(CN(Cc1cccs1)CC(O)COC)OCC. The van der Waals surface area contributed by atoms with E-state index in [1.165, 1.54) is 4.88 Å². The number of thiophene rings is 1. The van der Waals surface area contributed by atoms with Gasteiger partial charge in [0.2, 0.25) is 0 Å². The van der Waals surface area contributed by atoms with Gasteiger partial charge in [0.25, 0.3) is 0 Å². The van der Waals surface area contributed by atoms with Gasteiger partial charge in [0.15, 0.2) is 6.29 Å². The van der Waals surface area contributed by atoms with Gasteiger partial charge in [-0.3, -0.25) is 4.90 Å². The zero-order valence-corrected chi connectivity index (χ0v) is 14.0. The van der Waals surface area contributed by atoms with Gasteiger partial charge in [0.1, 0.15) is 0 Å². The lowest BCUT2D eigenvalue weighted by molar-refractivity contribution is -0.150. The Labute approximate surface area is 131 Å². The van der Waals surface area contributed by atoms with Crippen LogP contribution in [0, 0.1) is 0 Å². The molecular formula is C15H27NO4S. The maximum absolute atomic E-state index is 9.98. The summed E-state index contributed by atoms with van der Waals surface area (Å²) in [7, 11) is 1.59. The Morgan fingerprint density at radius 1 is 1.24 bits per heavy atom. The predicted octanol–water partition coefficient (Wildman–Crippen LogP) is 1.96. The molecule has 122 valence electrons. The number of aliphatic hydroxyl groups is 1. The molecule has 0 aliphatic heterocycles. The highest BCUT2D eigenvalue weighted by Crippen LogP contribution is 2.13. The number of rotatable bonds is 12. The Hall–Kier alpha value is -0.500. The van der Waals surface area contributed by atoms with Crippen molar-refractivity contribution in [1.29, 1.82) is 0 Å². The largest absolute Gasteiger partial charge is 0.389 e. The van der Waals surface area contributed by atoms with E-state index >= 15 is 0 Å². The smallest absolute Gasteiger partial charge is 0.170 e. The highest BCUT2D eigenvalue weighted by atomic mass is 32.1. The molecule has 1 aromatic rings. The number of nitrogens with zero attached hydrogens (tertiary/aromatic N) is 1. The van der Waals surface area contributed by atoms with E-state index in [-0.39, 0.29) is 6.29 Å². The van der Waals surface area contributed by atoms with E-state index in [2.05, 4.69) is 16.3 Å². The molecule has 0 amide bonds. The average Bonchev–Trinajstić information content (AvgIpc) is 2.92. The Morgan fingerprint density at radius 2 is 1.95 bits per heavy atom. The second-order valence-electron chi connectivity index (χ2n) is 4.72. The van der Waals surface area contributed by atoms with Gasteiger partial charge in [-0.1, -0.05) is 6.07 Å². The van der Waals surface area contributed by atoms with Crippen molar-refractivity contribution >= 4 is 11.3 Å². The summed E-state index contributed by atoms with van der Waals surface area (Å²) < 4.78 is 16.2. The van der Waals surface area contributed by atoms with Crippen LogP contribution in [0.5, 0.6) is 0 Å². The first kappa shape index (κ1) is 18.5. The van der Waals surface area contributed by atoms with Crippen LogP contribution < -0.4 is 0 Å². The summed E-state index contributed by atoms with van der Waals surface area (Å²) in [6.07, 6.45) is -0.784. The minimum Gasteiger partial charge on any atom is -0.389 e. The first-order valence-corrected chi connectivity index (χ1v) is 8.22. The minimum atomic E-state index is -0.515. The zero-order chi connectivity index (χ0) is 15.5. The van der Waals surface area contributed by atoms with Crippen LogP contribution in [0.2, 0.25) is 0 Å². The standard InChI is InChI=1S/C15H27NO4S/c1-4-19-15(20-5-2)11-16(9-13(17)12-18-3)10-14-7-6-8-21-14/h6-8,13,15,17H,4-5,9-12H2,1-3H3. The monoisotopic (exact) mass is 317 g/mol. The van der Waals surface area contributed by atoms with Gasteiger partial charge in [-0.2, -0.15) is 0 Å². The molecule has 0 fully saturated rings. The Balaban J connectivity index is 2.60. The minimum absolute atomic E-state index is 0.269. The van der Waals surface area contributed by atoms with Crippen molar-refractivity contribution in [3.05, 3.63) is 22.4 Å². The fraction of sp³-hybridized carbons (Fsp3) is 0.733. The fourth-order valence-electron chi connectivity index (χ4n) is 2.11. The summed E-state index contributed by atoms with van der Waals surface area (Å²) in [6.45, 7) is 7.38. The highest BCUT2D eigenvalue weighted by Gasteiger charge is 2.18. The van der Waals surface area contributed by atoms with Gasteiger partial charge in [0, 0.05) is 44.8 Å². The molecule has 5 nitrogen and oxygen atoms in total. The van der Waals surface area contributed by atoms with Crippen molar-refractivity contribution in [1.82, 2.24) is 4.90 Å². The molecule has 1 unspecified atom stereocenters. The molecule has 21 heavy (non-hydrogen) atoms. The lowest BCUT2D eigenvalue weighted by Crippen LogP contribution is -2.40. The summed E-state index contributed by atoms with van der Waals surface area (Å²) in [6, 6.07) is 4.13. The van der Waals surface area contributed by atoms with Crippen LogP contribution in [0.1, 0.15) is 18.7 Å². The van der Waals surface area contributed by atoms with Crippen molar-refractivity contribution < 1.29 is 19.3 Å². The van der Waals surface area contributed by atoms with E-state index in [1.807, 2.05) is 19.9 Å². The number of methoxy groups -OCH3 is 1. The molecule has 0 spiro atoms. The first-order valence-electron chi connectivity index (χ1n) is 7.34. The van der Waals surface area contributed by atoms with Gasteiger partial charge in [-0.05, 0) is 25.3 Å². The molecule has 1 atom stereocenters. The van der Waals surface area contributed by atoms with E-state index < -0.39 is 6.10 Å². The summed E-state index contributed by atoms with van der Waals surface area (Å²) in [5, 5.41) is 12.0. The second-order valence-corrected chi connectivity index (χ2v) is 5.76. The number of aliphatic hydroxyl groups excluding tert-OH is 1. The molecule has 0 aromatic carbocycles. The van der Waals surface area contributed by atoms with Crippen molar-refractivity contribution in [3.63, 3.8) is 0 Å². The van der Waals surface area contributed by atoms with Crippen LogP contribution in [-0.2, 0) is 20.8 Å². The number of ether oxygens (including phenoxy) is 3. The second kappa shape index (κ2) is 11.1. The molecule has 0 saturated heterocycles. The summed E-state index contributed by atoms with van der Waals surface area (Å²) in [4.78, 5) is 3.40. The third kappa shape index (κ3) is 7.90. The maximum Gasteiger partial charge on any atom is 0.170 e. The van der Waals surface area contributed by atoms with Crippen molar-refractivity contribution in [3.8, 4) is 0 Å². The van der Waals surface area contributed by atoms with E-state index in [0.29, 0.717) is 32.9 Å². The normalized spacial score (nSPS) is 13.2. The molecule has 0 bridgehead atoms. The molecule has 1 aromatic heterocycles. The third-order valence-electron chi connectivity index (χ3n) is 2.90. The quantitative estimate of drug-likeness (QED) is 0.597. The van der Waals surface area contributed by atoms with Crippen molar-refractivity contribution in [2.45, 2.75) is 32.8 Å². The van der Waals surface area contributed by atoms with Gasteiger partial charge < -0.3 is 19.3 Å². The lowest BCUT2D eigenvalue weighted by Gasteiger charge is -2.28. The van der Waals surface area contributed by atoms with Crippen LogP contribution in [0.4, 0.5) is 0 Å². The van der Waals surface area contributed by atoms with Crippen LogP contribution in [-0.4, -0.2) is 62.4 Å². The topological polar surface area (TPSA) is 51.2 Å². The van der Waals surface area contributed by atoms with Crippen LogP contribution in [0.15, 0.2) is 17.5 Å². The van der Waals surface area contributed by atoms with E-state index in [4.69, 9.17) is 14.2 Å².